The summed E-state index contributed by atoms with van der Waals surface area (Å²) in [7, 11) is -0.401. The molecule has 3 nitrogen and oxygen atoms in total. The minimum Gasteiger partial charge on any atom is -0.455 e. The number of furan rings is 1. The fraction of sp³-hybridized carbons (Fsp3) is 0.200. The zero-order valence-corrected chi connectivity index (χ0v) is 20.0. The van der Waals surface area contributed by atoms with Gasteiger partial charge in [0.25, 0.3) is 0 Å². The van der Waals surface area contributed by atoms with Gasteiger partial charge in [-0.05, 0) is 61.8 Å². The van der Waals surface area contributed by atoms with Gasteiger partial charge in [-0.1, -0.05) is 78.9 Å². The van der Waals surface area contributed by atoms with Gasteiger partial charge in [0.15, 0.2) is 0 Å². The highest BCUT2D eigenvalue weighted by atomic mass is 16.7. The SMILES string of the molecule is CC1(C)OB(c2ccc3ccc4cc(-c5cccc(-c6ccccc6)c5)oc4c3c2)OC1(C)C. The minimum absolute atomic E-state index is 0.375. The monoisotopic (exact) mass is 446 g/mol. The first-order valence-corrected chi connectivity index (χ1v) is 11.8. The van der Waals surface area contributed by atoms with E-state index in [2.05, 4.69) is 113 Å². The maximum absolute atomic E-state index is 6.48. The van der Waals surface area contributed by atoms with E-state index in [9.17, 15) is 0 Å². The van der Waals surface area contributed by atoms with Gasteiger partial charge < -0.3 is 13.7 Å². The lowest BCUT2D eigenvalue weighted by molar-refractivity contribution is 0.00578. The lowest BCUT2D eigenvalue weighted by Crippen LogP contribution is -2.41. The lowest BCUT2D eigenvalue weighted by atomic mass is 9.78. The Bertz CT molecular complexity index is 1500. The first-order valence-electron chi connectivity index (χ1n) is 11.8. The molecule has 34 heavy (non-hydrogen) atoms. The van der Waals surface area contributed by atoms with Crippen LogP contribution in [0.1, 0.15) is 27.7 Å². The quantitative estimate of drug-likeness (QED) is 0.274. The number of hydrogen-bond acceptors (Lipinski definition) is 3. The van der Waals surface area contributed by atoms with Crippen molar-refractivity contribution in [3.05, 3.63) is 91.0 Å². The van der Waals surface area contributed by atoms with Gasteiger partial charge in [0.2, 0.25) is 0 Å². The first kappa shape index (κ1) is 21.2. The second-order valence-corrected chi connectivity index (χ2v) is 10.1. The van der Waals surface area contributed by atoms with Gasteiger partial charge in [-0.2, -0.15) is 0 Å². The Hall–Kier alpha value is -3.34. The van der Waals surface area contributed by atoms with Crippen molar-refractivity contribution in [2.24, 2.45) is 0 Å². The van der Waals surface area contributed by atoms with E-state index in [1.54, 1.807) is 0 Å². The second kappa shape index (κ2) is 7.59. The molecule has 0 spiro atoms. The smallest absolute Gasteiger partial charge is 0.455 e. The molecule has 168 valence electrons. The van der Waals surface area contributed by atoms with Crippen molar-refractivity contribution in [3.63, 3.8) is 0 Å². The van der Waals surface area contributed by atoms with Gasteiger partial charge in [-0.3, -0.25) is 0 Å². The van der Waals surface area contributed by atoms with Gasteiger partial charge in [0, 0.05) is 16.3 Å². The third-order valence-corrected chi connectivity index (χ3v) is 7.30. The Labute approximate surface area is 200 Å². The Morgan fingerprint density at radius 1 is 0.588 bits per heavy atom. The highest BCUT2D eigenvalue weighted by molar-refractivity contribution is 6.62. The highest BCUT2D eigenvalue weighted by Gasteiger charge is 2.51. The zero-order valence-electron chi connectivity index (χ0n) is 20.0. The van der Waals surface area contributed by atoms with Crippen molar-refractivity contribution in [2.75, 3.05) is 0 Å². The van der Waals surface area contributed by atoms with E-state index >= 15 is 0 Å². The van der Waals surface area contributed by atoms with Crippen LogP contribution in [0.25, 0.3) is 44.2 Å². The molecular formula is C30H27BO3. The van der Waals surface area contributed by atoms with Crippen molar-refractivity contribution in [3.8, 4) is 22.5 Å². The summed E-state index contributed by atoms with van der Waals surface area (Å²) in [6, 6.07) is 31.7. The molecule has 5 aromatic rings. The van der Waals surface area contributed by atoms with E-state index in [1.165, 1.54) is 11.1 Å². The predicted octanol–water partition coefficient (Wildman–Crippen LogP) is 7.22. The normalized spacial score (nSPS) is 17.0. The van der Waals surface area contributed by atoms with Gasteiger partial charge in [0.1, 0.15) is 11.3 Å². The summed E-state index contributed by atoms with van der Waals surface area (Å²) in [5.74, 6) is 0.862. The maximum atomic E-state index is 6.48. The molecule has 4 heteroatoms. The molecule has 0 bridgehead atoms. The van der Waals surface area contributed by atoms with Crippen molar-refractivity contribution in [1.29, 1.82) is 0 Å². The summed E-state index contributed by atoms with van der Waals surface area (Å²) in [4.78, 5) is 0. The molecule has 0 atom stereocenters. The molecule has 0 amide bonds. The third-order valence-electron chi connectivity index (χ3n) is 7.30. The summed E-state index contributed by atoms with van der Waals surface area (Å²) in [6.45, 7) is 8.31. The summed E-state index contributed by atoms with van der Waals surface area (Å²) in [6.07, 6.45) is 0. The first-order chi connectivity index (χ1) is 16.3. The molecule has 0 radical (unpaired) electrons. The summed E-state index contributed by atoms with van der Waals surface area (Å²) in [5.41, 5.74) is 4.57. The standard InChI is InChI=1S/C30H27BO3/c1-29(2)30(3,4)34-31(33-29)25-16-15-21-13-14-24-18-27(32-28(24)26(21)19-25)23-12-8-11-22(17-23)20-9-6-5-7-10-20/h5-19H,1-4H3. The minimum atomic E-state index is -0.401. The topological polar surface area (TPSA) is 31.6 Å². The number of hydrogen-bond donors (Lipinski definition) is 0. The van der Waals surface area contributed by atoms with Gasteiger partial charge >= 0.3 is 7.12 Å². The highest BCUT2D eigenvalue weighted by Crippen LogP contribution is 2.38. The lowest BCUT2D eigenvalue weighted by Gasteiger charge is -2.32. The average Bonchev–Trinajstić information content (AvgIpc) is 3.37. The zero-order chi connectivity index (χ0) is 23.5. The molecule has 0 unspecified atom stereocenters. The number of fused-ring (bicyclic) bond motifs is 3. The molecule has 0 saturated carbocycles. The fourth-order valence-electron chi connectivity index (χ4n) is 4.59. The van der Waals surface area contributed by atoms with Crippen LogP contribution in [-0.2, 0) is 9.31 Å². The van der Waals surface area contributed by atoms with Crippen LogP contribution in [0.5, 0.6) is 0 Å². The van der Waals surface area contributed by atoms with Crippen LogP contribution in [0.2, 0.25) is 0 Å². The van der Waals surface area contributed by atoms with Crippen molar-refractivity contribution >= 4 is 34.3 Å². The molecule has 2 heterocycles. The van der Waals surface area contributed by atoms with E-state index in [-0.39, 0.29) is 11.2 Å². The Morgan fingerprint density at radius 2 is 1.24 bits per heavy atom. The van der Waals surface area contributed by atoms with E-state index in [4.69, 9.17) is 13.7 Å². The molecule has 1 aliphatic rings. The van der Waals surface area contributed by atoms with Crippen LogP contribution in [0.4, 0.5) is 0 Å². The Morgan fingerprint density at radius 3 is 2.00 bits per heavy atom. The van der Waals surface area contributed by atoms with Crippen LogP contribution in [0.15, 0.2) is 95.4 Å². The molecule has 0 aliphatic carbocycles. The predicted molar refractivity (Wildman–Crippen MR) is 140 cm³/mol. The second-order valence-electron chi connectivity index (χ2n) is 10.1. The largest absolute Gasteiger partial charge is 0.494 e. The van der Waals surface area contributed by atoms with Gasteiger partial charge in [-0.15, -0.1) is 0 Å². The van der Waals surface area contributed by atoms with E-state index in [1.807, 2.05) is 6.07 Å². The molecule has 1 saturated heterocycles. The summed E-state index contributed by atoms with van der Waals surface area (Å²) >= 11 is 0. The summed E-state index contributed by atoms with van der Waals surface area (Å²) in [5, 5.41) is 3.28. The van der Waals surface area contributed by atoms with Crippen LogP contribution in [0, 0.1) is 0 Å². The fourth-order valence-corrected chi connectivity index (χ4v) is 4.59. The molecule has 6 rings (SSSR count). The number of benzene rings is 4. The van der Waals surface area contributed by atoms with Crippen LogP contribution in [0.3, 0.4) is 0 Å². The van der Waals surface area contributed by atoms with Crippen molar-refractivity contribution in [2.45, 2.75) is 38.9 Å². The van der Waals surface area contributed by atoms with Crippen LogP contribution < -0.4 is 5.46 Å². The summed E-state index contributed by atoms with van der Waals surface area (Å²) < 4.78 is 19.1. The third kappa shape index (κ3) is 3.46. The van der Waals surface area contributed by atoms with Crippen LogP contribution >= 0.6 is 0 Å². The Kier molecular flexibility index (Phi) is 4.74. The van der Waals surface area contributed by atoms with E-state index in [0.29, 0.717) is 0 Å². The molecule has 4 aromatic carbocycles. The van der Waals surface area contributed by atoms with Crippen molar-refractivity contribution < 1.29 is 13.7 Å². The molecule has 1 aliphatic heterocycles. The molecule has 0 N–H and O–H groups in total. The Balaban J connectivity index is 1.43. The molecular weight excluding hydrogens is 419 g/mol. The van der Waals surface area contributed by atoms with Gasteiger partial charge in [-0.25, -0.2) is 0 Å². The van der Waals surface area contributed by atoms with Gasteiger partial charge in [0.05, 0.1) is 11.2 Å². The van der Waals surface area contributed by atoms with Crippen molar-refractivity contribution in [1.82, 2.24) is 0 Å². The van der Waals surface area contributed by atoms with E-state index in [0.717, 1.165) is 38.5 Å². The molecule has 1 fully saturated rings. The number of rotatable bonds is 3. The molecule has 1 aromatic heterocycles. The average molecular weight is 446 g/mol. The van der Waals surface area contributed by atoms with E-state index < -0.39 is 7.12 Å². The van der Waals surface area contributed by atoms with Crippen LogP contribution in [-0.4, -0.2) is 18.3 Å². The maximum Gasteiger partial charge on any atom is 0.494 e.